The zero-order valence-electron chi connectivity index (χ0n) is 13.9. The third-order valence-electron chi connectivity index (χ3n) is 4.07. The maximum absolute atomic E-state index is 12.3. The van der Waals surface area contributed by atoms with Gasteiger partial charge in [-0.25, -0.2) is 0 Å². The fourth-order valence-corrected chi connectivity index (χ4v) is 2.70. The van der Waals surface area contributed by atoms with Gasteiger partial charge in [0.15, 0.2) is 0 Å². The maximum atomic E-state index is 12.3. The molecule has 1 aromatic rings. The van der Waals surface area contributed by atoms with E-state index < -0.39 is 6.10 Å². The van der Waals surface area contributed by atoms with Crippen LogP contribution in [0.3, 0.4) is 0 Å². The summed E-state index contributed by atoms with van der Waals surface area (Å²) in [6, 6.07) is 7.66. The number of methoxy groups -OCH3 is 2. The van der Waals surface area contributed by atoms with E-state index in [9.17, 15) is 9.59 Å². The van der Waals surface area contributed by atoms with E-state index in [1.165, 1.54) is 7.11 Å². The lowest BCUT2D eigenvalue weighted by Crippen LogP contribution is -2.54. The van der Waals surface area contributed by atoms with Gasteiger partial charge in [0.2, 0.25) is 5.91 Å². The first-order valence-corrected chi connectivity index (χ1v) is 7.81. The smallest absolute Gasteiger partial charge is 0.252 e. The third-order valence-corrected chi connectivity index (χ3v) is 4.07. The van der Waals surface area contributed by atoms with Crippen LogP contribution >= 0.6 is 0 Å². The van der Waals surface area contributed by atoms with Gasteiger partial charge in [-0.1, -0.05) is 19.1 Å². The number of ether oxygens (including phenoxy) is 2. The van der Waals surface area contributed by atoms with Gasteiger partial charge in [-0.3, -0.25) is 9.59 Å². The Balaban J connectivity index is 1.96. The van der Waals surface area contributed by atoms with Crippen LogP contribution in [0.15, 0.2) is 24.3 Å². The highest BCUT2D eigenvalue weighted by Crippen LogP contribution is 2.16. The van der Waals surface area contributed by atoms with Gasteiger partial charge < -0.3 is 19.3 Å². The topological polar surface area (TPSA) is 59.1 Å². The second-order valence-corrected chi connectivity index (χ2v) is 5.56. The van der Waals surface area contributed by atoms with Crippen LogP contribution in [-0.2, 0) is 20.9 Å². The average molecular weight is 320 g/mol. The van der Waals surface area contributed by atoms with Crippen molar-refractivity contribution < 1.29 is 19.1 Å². The summed E-state index contributed by atoms with van der Waals surface area (Å²) in [5.41, 5.74) is 1.01. The minimum absolute atomic E-state index is 0.0432. The molecule has 1 aliphatic rings. The maximum Gasteiger partial charge on any atom is 0.252 e. The second-order valence-electron chi connectivity index (χ2n) is 5.56. The molecule has 1 heterocycles. The summed E-state index contributed by atoms with van der Waals surface area (Å²) in [5.74, 6) is 0.623. The van der Waals surface area contributed by atoms with Crippen molar-refractivity contribution in [2.75, 3.05) is 33.9 Å². The second kappa shape index (κ2) is 7.97. The molecule has 1 fully saturated rings. The molecular formula is C17H24N2O4. The predicted molar refractivity (Wildman–Crippen MR) is 86.1 cm³/mol. The van der Waals surface area contributed by atoms with Crippen molar-refractivity contribution in [2.24, 2.45) is 0 Å². The lowest BCUT2D eigenvalue weighted by molar-refractivity contribution is -0.151. The van der Waals surface area contributed by atoms with Crippen LogP contribution in [-0.4, -0.2) is 61.6 Å². The first-order chi connectivity index (χ1) is 11.1. The van der Waals surface area contributed by atoms with Crippen LogP contribution in [0.4, 0.5) is 0 Å². The van der Waals surface area contributed by atoms with E-state index in [1.54, 1.807) is 16.9 Å². The Kier molecular flexibility index (Phi) is 5.98. The van der Waals surface area contributed by atoms with Gasteiger partial charge in [0.25, 0.3) is 5.91 Å². The van der Waals surface area contributed by atoms with E-state index >= 15 is 0 Å². The van der Waals surface area contributed by atoms with Crippen LogP contribution in [0.1, 0.15) is 18.9 Å². The van der Waals surface area contributed by atoms with Gasteiger partial charge in [-0.2, -0.15) is 0 Å². The van der Waals surface area contributed by atoms with Gasteiger partial charge >= 0.3 is 0 Å². The summed E-state index contributed by atoms with van der Waals surface area (Å²) in [5, 5.41) is 0. The lowest BCUT2D eigenvalue weighted by Gasteiger charge is -2.35. The number of benzene rings is 1. The normalized spacial score (nSPS) is 16.4. The first-order valence-electron chi connectivity index (χ1n) is 7.81. The van der Waals surface area contributed by atoms with Gasteiger partial charge in [-0.15, -0.1) is 0 Å². The molecule has 0 saturated carbocycles. The summed E-state index contributed by atoms with van der Waals surface area (Å²) in [4.78, 5) is 28.0. The predicted octanol–water partition coefficient (Wildman–Crippen LogP) is 1.29. The van der Waals surface area contributed by atoms with Crippen molar-refractivity contribution in [3.05, 3.63) is 29.8 Å². The average Bonchev–Trinajstić information content (AvgIpc) is 2.58. The van der Waals surface area contributed by atoms with Crippen molar-refractivity contribution in [3.63, 3.8) is 0 Å². The summed E-state index contributed by atoms with van der Waals surface area (Å²) >= 11 is 0. The Hall–Kier alpha value is -2.08. The van der Waals surface area contributed by atoms with Crippen molar-refractivity contribution in [3.8, 4) is 5.75 Å². The van der Waals surface area contributed by atoms with Crippen molar-refractivity contribution >= 4 is 11.8 Å². The molecule has 2 amide bonds. The van der Waals surface area contributed by atoms with Crippen LogP contribution in [0.5, 0.6) is 5.75 Å². The largest absolute Gasteiger partial charge is 0.497 e. The number of amides is 2. The van der Waals surface area contributed by atoms with Gasteiger partial charge in [-0.05, 0) is 24.1 Å². The number of carbonyl (C=O) groups is 2. The van der Waals surface area contributed by atoms with E-state index in [4.69, 9.17) is 9.47 Å². The molecule has 0 unspecified atom stereocenters. The highest BCUT2D eigenvalue weighted by atomic mass is 16.5. The molecule has 0 bridgehead atoms. The quantitative estimate of drug-likeness (QED) is 0.792. The SMILES string of the molecule is CC[C@@H](OC)C(=O)N1CCN(Cc2cccc(OC)c2)C(=O)C1. The molecule has 1 aliphatic heterocycles. The van der Waals surface area contributed by atoms with E-state index in [0.717, 1.165) is 11.3 Å². The molecule has 0 aromatic heterocycles. The molecule has 23 heavy (non-hydrogen) atoms. The highest BCUT2D eigenvalue weighted by molar-refractivity contribution is 5.88. The van der Waals surface area contributed by atoms with Gasteiger partial charge in [0.05, 0.1) is 13.7 Å². The molecule has 0 aliphatic carbocycles. The zero-order valence-corrected chi connectivity index (χ0v) is 13.9. The molecule has 1 atom stereocenters. The third kappa shape index (κ3) is 4.22. The minimum Gasteiger partial charge on any atom is -0.497 e. The van der Waals surface area contributed by atoms with Crippen LogP contribution in [0.25, 0.3) is 0 Å². The van der Waals surface area contributed by atoms with Crippen molar-refractivity contribution in [1.29, 1.82) is 0 Å². The van der Waals surface area contributed by atoms with Crippen LogP contribution in [0, 0.1) is 0 Å². The Morgan fingerprint density at radius 1 is 1.30 bits per heavy atom. The summed E-state index contributed by atoms with van der Waals surface area (Å²) < 4.78 is 10.4. The Bertz CT molecular complexity index is 557. The summed E-state index contributed by atoms with van der Waals surface area (Å²) in [7, 11) is 3.14. The number of carbonyl (C=O) groups excluding carboxylic acids is 2. The number of nitrogens with zero attached hydrogens (tertiary/aromatic N) is 2. The van der Waals surface area contributed by atoms with Crippen LogP contribution in [0.2, 0.25) is 0 Å². The molecule has 1 saturated heterocycles. The number of piperazine rings is 1. The molecule has 1 aromatic carbocycles. The number of rotatable bonds is 6. The molecule has 0 N–H and O–H groups in total. The summed E-state index contributed by atoms with van der Waals surface area (Å²) in [6.45, 7) is 3.60. The molecule has 6 nitrogen and oxygen atoms in total. The first kappa shape index (κ1) is 17.3. The van der Waals surface area contributed by atoms with Gasteiger partial charge in [0.1, 0.15) is 11.9 Å². The molecule has 6 heteroatoms. The molecule has 126 valence electrons. The van der Waals surface area contributed by atoms with Crippen molar-refractivity contribution in [1.82, 2.24) is 9.80 Å². The fraction of sp³-hybridized carbons (Fsp3) is 0.529. The molecule has 2 rings (SSSR count). The molecule has 0 radical (unpaired) electrons. The van der Waals surface area contributed by atoms with E-state index in [0.29, 0.717) is 26.1 Å². The van der Waals surface area contributed by atoms with E-state index in [-0.39, 0.29) is 18.4 Å². The van der Waals surface area contributed by atoms with E-state index in [2.05, 4.69) is 0 Å². The van der Waals surface area contributed by atoms with Crippen LogP contribution < -0.4 is 4.74 Å². The summed E-state index contributed by atoms with van der Waals surface area (Å²) in [6.07, 6.45) is 0.140. The monoisotopic (exact) mass is 320 g/mol. The van der Waals surface area contributed by atoms with E-state index in [1.807, 2.05) is 31.2 Å². The van der Waals surface area contributed by atoms with Crippen molar-refractivity contribution in [2.45, 2.75) is 26.0 Å². The minimum atomic E-state index is -0.465. The highest BCUT2D eigenvalue weighted by Gasteiger charge is 2.30. The Morgan fingerprint density at radius 3 is 2.70 bits per heavy atom. The Morgan fingerprint density at radius 2 is 2.09 bits per heavy atom. The standard InChI is InChI=1S/C17H24N2O4/c1-4-15(23-3)17(21)19-9-8-18(16(20)12-19)11-13-6-5-7-14(10-13)22-2/h5-7,10,15H,4,8-9,11-12H2,1-3H3/t15-/m1/s1. The molecular weight excluding hydrogens is 296 g/mol. The number of hydrogen-bond acceptors (Lipinski definition) is 4. The molecule has 0 spiro atoms. The van der Waals surface area contributed by atoms with Gasteiger partial charge in [0, 0.05) is 26.7 Å². The zero-order chi connectivity index (χ0) is 16.8. The Labute approximate surface area is 137 Å². The fourth-order valence-electron chi connectivity index (χ4n) is 2.70. The number of hydrogen-bond donors (Lipinski definition) is 0. The lowest BCUT2D eigenvalue weighted by atomic mass is 10.1.